The summed E-state index contributed by atoms with van der Waals surface area (Å²) < 4.78 is 11.9. The van der Waals surface area contributed by atoms with E-state index >= 15 is 0 Å². The summed E-state index contributed by atoms with van der Waals surface area (Å²) in [7, 11) is 0. The first kappa shape index (κ1) is 21.3. The summed E-state index contributed by atoms with van der Waals surface area (Å²) in [6.45, 7) is 8.18. The highest BCUT2D eigenvalue weighted by atomic mass is 79.9. The molecule has 0 spiro atoms. The monoisotopic (exact) mass is 440 g/mol. The number of rotatable bonds is 8. The molecule has 0 unspecified atom stereocenters. The zero-order chi connectivity index (χ0) is 20.5. The average Bonchev–Trinajstić information content (AvgIpc) is 2.68. The molecule has 0 saturated carbocycles. The van der Waals surface area contributed by atoms with Gasteiger partial charge < -0.3 is 14.8 Å². The SMILES string of the molecule is C=CCOc1cc(Br)c(/C=C(\C#N)C(=O)Nc2ccccc2C)cc1OCC. The van der Waals surface area contributed by atoms with E-state index in [1.165, 1.54) is 6.08 Å². The number of para-hydroxylation sites is 1. The Hall–Kier alpha value is -3.04. The van der Waals surface area contributed by atoms with Crippen molar-refractivity contribution in [2.45, 2.75) is 13.8 Å². The number of benzene rings is 2. The molecule has 2 rings (SSSR count). The van der Waals surface area contributed by atoms with E-state index in [0.29, 0.717) is 40.4 Å². The van der Waals surface area contributed by atoms with Crippen LogP contribution in [0.5, 0.6) is 11.5 Å². The Morgan fingerprint density at radius 1 is 1.29 bits per heavy atom. The zero-order valence-electron chi connectivity index (χ0n) is 15.8. The van der Waals surface area contributed by atoms with Gasteiger partial charge in [-0.2, -0.15) is 5.26 Å². The van der Waals surface area contributed by atoms with Crippen LogP contribution in [-0.2, 0) is 4.79 Å². The fraction of sp³-hybridized carbons (Fsp3) is 0.182. The number of anilines is 1. The Labute approximate surface area is 173 Å². The summed E-state index contributed by atoms with van der Waals surface area (Å²) >= 11 is 3.46. The van der Waals surface area contributed by atoms with Crippen LogP contribution in [0.1, 0.15) is 18.1 Å². The van der Waals surface area contributed by atoms with Gasteiger partial charge in [0.1, 0.15) is 18.2 Å². The van der Waals surface area contributed by atoms with E-state index in [1.807, 2.05) is 38.1 Å². The number of amides is 1. The van der Waals surface area contributed by atoms with Gasteiger partial charge in [-0.25, -0.2) is 0 Å². The van der Waals surface area contributed by atoms with Gasteiger partial charge in [0.15, 0.2) is 11.5 Å². The molecule has 0 atom stereocenters. The lowest BCUT2D eigenvalue weighted by Crippen LogP contribution is -2.14. The lowest BCUT2D eigenvalue weighted by Gasteiger charge is -2.13. The number of carbonyl (C=O) groups excluding carboxylic acids is 1. The smallest absolute Gasteiger partial charge is 0.266 e. The number of nitriles is 1. The molecule has 5 nitrogen and oxygen atoms in total. The Morgan fingerprint density at radius 3 is 2.64 bits per heavy atom. The van der Waals surface area contributed by atoms with Crippen molar-refractivity contribution in [3.8, 4) is 17.6 Å². The summed E-state index contributed by atoms with van der Waals surface area (Å²) in [4.78, 5) is 12.5. The quantitative estimate of drug-likeness (QED) is 0.344. The number of halogens is 1. The van der Waals surface area contributed by atoms with Crippen molar-refractivity contribution in [2.75, 3.05) is 18.5 Å². The Morgan fingerprint density at radius 2 is 2.00 bits per heavy atom. The molecule has 0 saturated heterocycles. The first-order chi connectivity index (χ1) is 13.5. The molecule has 0 radical (unpaired) electrons. The topological polar surface area (TPSA) is 71.3 Å². The minimum absolute atomic E-state index is 0.0221. The van der Waals surface area contributed by atoms with E-state index in [1.54, 1.807) is 24.3 Å². The maximum absolute atomic E-state index is 12.5. The molecule has 0 aromatic heterocycles. The second kappa shape index (κ2) is 10.3. The molecule has 2 aromatic carbocycles. The predicted molar refractivity (Wildman–Crippen MR) is 114 cm³/mol. The van der Waals surface area contributed by atoms with Gasteiger partial charge in [-0.15, -0.1) is 0 Å². The van der Waals surface area contributed by atoms with E-state index in [4.69, 9.17) is 9.47 Å². The summed E-state index contributed by atoms with van der Waals surface area (Å²) in [5, 5.41) is 12.2. The average molecular weight is 441 g/mol. The highest BCUT2D eigenvalue weighted by Crippen LogP contribution is 2.35. The van der Waals surface area contributed by atoms with Crippen molar-refractivity contribution >= 4 is 33.6 Å². The van der Waals surface area contributed by atoms with Gasteiger partial charge in [-0.1, -0.05) is 46.8 Å². The Kier molecular flexibility index (Phi) is 7.85. The van der Waals surface area contributed by atoms with Crippen LogP contribution in [0.15, 0.2) is 59.1 Å². The van der Waals surface area contributed by atoms with Crippen LogP contribution in [0.2, 0.25) is 0 Å². The molecule has 28 heavy (non-hydrogen) atoms. The zero-order valence-corrected chi connectivity index (χ0v) is 17.4. The van der Waals surface area contributed by atoms with Crippen LogP contribution in [0.3, 0.4) is 0 Å². The van der Waals surface area contributed by atoms with Gasteiger partial charge in [0, 0.05) is 10.2 Å². The summed E-state index contributed by atoms with van der Waals surface area (Å²) in [6, 6.07) is 12.8. The highest BCUT2D eigenvalue weighted by Gasteiger charge is 2.14. The third-order valence-electron chi connectivity index (χ3n) is 3.78. The normalized spacial score (nSPS) is 10.7. The van der Waals surface area contributed by atoms with E-state index in [-0.39, 0.29) is 5.57 Å². The van der Waals surface area contributed by atoms with Crippen LogP contribution in [-0.4, -0.2) is 19.1 Å². The maximum atomic E-state index is 12.5. The van der Waals surface area contributed by atoms with Crippen molar-refractivity contribution in [2.24, 2.45) is 0 Å². The number of ether oxygens (including phenoxy) is 2. The number of nitrogens with zero attached hydrogens (tertiary/aromatic N) is 1. The molecule has 0 bridgehead atoms. The van der Waals surface area contributed by atoms with Gasteiger partial charge in [-0.3, -0.25) is 4.79 Å². The molecule has 1 amide bonds. The second-order valence-electron chi connectivity index (χ2n) is 5.79. The van der Waals surface area contributed by atoms with E-state index in [2.05, 4.69) is 27.8 Å². The first-order valence-corrected chi connectivity index (χ1v) is 9.48. The van der Waals surface area contributed by atoms with E-state index < -0.39 is 5.91 Å². The number of carbonyl (C=O) groups is 1. The summed E-state index contributed by atoms with van der Waals surface area (Å²) in [5.41, 5.74) is 2.18. The first-order valence-electron chi connectivity index (χ1n) is 8.69. The molecule has 0 aliphatic rings. The molecule has 0 aliphatic carbocycles. The van der Waals surface area contributed by atoms with E-state index in [9.17, 15) is 10.1 Å². The predicted octanol–water partition coefficient (Wildman–Crippen LogP) is 5.27. The fourth-order valence-corrected chi connectivity index (χ4v) is 2.84. The Balaban J connectivity index is 2.35. The van der Waals surface area contributed by atoms with Crippen molar-refractivity contribution in [3.63, 3.8) is 0 Å². The maximum Gasteiger partial charge on any atom is 0.266 e. The molecular formula is C22H21BrN2O3. The molecular weight excluding hydrogens is 420 g/mol. The van der Waals surface area contributed by atoms with Crippen LogP contribution in [0.25, 0.3) is 6.08 Å². The third kappa shape index (κ3) is 5.48. The lowest BCUT2D eigenvalue weighted by molar-refractivity contribution is -0.112. The summed E-state index contributed by atoms with van der Waals surface area (Å²) in [5.74, 6) is 0.595. The number of aryl methyl sites for hydroxylation is 1. The molecule has 0 fully saturated rings. The standard InChI is InChI=1S/C22H21BrN2O3/c1-4-10-28-21-13-18(23)16(12-20(21)27-5-2)11-17(14-24)22(26)25-19-9-7-6-8-15(19)3/h4,6-9,11-13H,1,5,10H2,2-3H3,(H,25,26)/b17-11+. The van der Waals surface area contributed by atoms with Crippen LogP contribution < -0.4 is 14.8 Å². The van der Waals surface area contributed by atoms with Crippen LogP contribution in [0.4, 0.5) is 5.69 Å². The minimum Gasteiger partial charge on any atom is -0.490 e. The van der Waals surface area contributed by atoms with Crippen LogP contribution in [0, 0.1) is 18.3 Å². The van der Waals surface area contributed by atoms with Gasteiger partial charge in [-0.05, 0) is 49.2 Å². The van der Waals surface area contributed by atoms with Gasteiger partial charge in [0.2, 0.25) is 0 Å². The van der Waals surface area contributed by atoms with Crippen molar-refractivity contribution < 1.29 is 14.3 Å². The molecule has 0 aliphatic heterocycles. The fourth-order valence-electron chi connectivity index (χ4n) is 2.40. The highest BCUT2D eigenvalue weighted by molar-refractivity contribution is 9.10. The molecule has 0 heterocycles. The van der Waals surface area contributed by atoms with Crippen molar-refractivity contribution in [3.05, 3.63) is 70.2 Å². The molecule has 144 valence electrons. The van der Waals surface area contributed by atoms with Gasteiger partial charge in [0.05, 0.1) is 6.61 Å². The molecule has 1 N–H and O–H groups in total. The van der Waals surface area contributed by atoms with Crippen LogP contribution >= 0.6 is 15.9 Å². The van der Waals surface area contributed by atoms with E-state index in [0.717, 1.165) is 5.56 Å². The Bertz CT molecular complexity index is 945. The van der Waals surface area contributed by atoms with Gasteiger partial charge >= 0.3 is 0 Å². The third-order valence-corrected chi connectivity index (χ3v) is 4.46. The lowest BCUT2D eigenvalue weighted by atomic mass is 10.1. The largest absolute Gasteiger partial charge is 0.490 e. The minimum atomic E-state index is -0.478. The number of nitrogens with one attached hydrogen (secondary N) is 1. The number of hydrogen-bond donors (Lipinski definition) is 1. The molecule has 6 heteroatoms. The number of hydrogen-bond acceptors (Lipinski definition) is 4. The summed E-state index contributed by atoms with van der Waals surface area (Å²) in [6.07, 6.45) is 3.15. The molecule has 2 aromatic rings. The second-order valence-corrected chi connectivity index (χ2v) is 6.65. The van der Waals surface area contributed by atoms with Crippen molar-refractivity contribution in [1.82, 2.24) is 0 Å². The van der Waals surface area contributed by atoms with Gasteiger partial charge in [0.25, 0.3) is 5.91 Å². The van der Waals surface area contributed by atoms with Crippen molar-refractivity contribution in [1.29, 1.82) is 5.26 Å².